The Balaban J connectivity index is 1.68. The minimum absolute atomic E-state index is 0.0540. The Bertz CT molecular complexity index is 1020. The third kappa shape index (κ3) is 4.39. The highest BCUT2D eigenvalue weighted by Crippen LogP contribution is 2.26. The molecule has 162 valence electrons. The van der Waals surface area contributed by atoms with Crippen molar-refractivity contribution >= 4 is 15.9 Å². The molecule has 2 aromatic carbocycles. The van der Waals surface area contributed by atoms with Crippen molar-refractivity contribution in [1.29, 1.82) is 0 Å². The van der Waals surface area contributed by atoms with Crippen LogP contribution in [-0.4, -0.2) is 63.9 Å². The van der Waals surface area contributed by atoms with Gasteiger partial charge in [0, 0.05) is 37.8 Å². The quantitative estimate of drug-likeness (QED) is 0.687. The van der Waals surface area contributed by atoms with Gasteiger partial charge < -0.3 is 14.4 Å². The molecule has 1 fully saturated rings. The van der Waals surface area contributed by atoms with Crippen molar-refractivity contribution < 1.29 is 31.5 Å². The number of ether oxygens (including phenoxy) is 2. The monoisotopic (exact) mass is 440 g/mol. The largest absolute Gasteiger partial charge is 0.497 e. The molecule has 0 aliphatic carbocycles. The highest BCUT2D eigenvalue weighted by Gasteiger charge is 2.34. The Morgan fingerprint density at radius 1 is 1.00 bits per heavy atom. The predicted molar refractivity (Wildman–Crippen MR) is 105 cm³/mol. The van der Waals surface area contributed by atoms with E-state index in [0.717, 1.165) is 22.5 Å². The zero-order chi connectivity index (χ0) is 21.9. The summed E-state index contributed by atoms with van der Waals surface area (Å²) in [5.74, 6) is -1.37. The first-order chi connectivity index (χ1) is 14.3. The van der Waals surface area contributed by atoms with E-state index in [4.69, 9.17) is 9.47 Å². The Labute approximate surface area is 173 Å². The summed E-state index contributed by atoms with van der Waals surface area (Å²) >= 11 is 0. The molecule has 1 aliphatic heterocycles. The summed E-state index contributed by atoms with van der Waals surface area (Å²) < 4.78 is 64.6. The summed E-state index contributed by atoms with van der Waals surface area (Å²) in [6.45, 7) is 0.127. The van der Waals surface area contributed by atoms with Crippen molar-refractivity contribution in [3.63, 3.8) is 0 Å². The second-order valence-electron chi connectivity index (χ2n) is 6.69. The Morgan fingerprint density at radius 3 is 2.20 bits per heavy atom. The van der Waals surface area contributed by atoms with Gasteiger partial charge in [0.05, 0.1) is 20.6 Å². The molecule has 0 aromatic heterocycles. The molecule has 2 aromatic rings. The second-order valence-corrected chi connectivity index (χ2v) is 8.56. The minimum Gasteiger partial charge on any atom is -0.497 e. The minimum atomic E-state index is -4.34. The fourth-order valence-electron chi connectivity index (χ4n) is 3.31. The topological polar surface area (TPSA) is 76.2 Å². The van der Waals surface area contributed by atoms with E-state index in [1.807, 2.05) is 0 Å². The van der Waals surface area contributed by atoms with E-state index >= 15 is 0 Å². The summed E-state index contributed by atoms with van der Waals surface area (Å²) in [7, 11) is -1.32. The van der Waals surface area contributed by atoms with Crippen molar-refractivity contribution in [3.8, 4) is 11.5 Å². The molecule has 0 spiro atoms. The molecule has 1 aliphatic rings. The first-order valence-electron chi connectivity index (χ1n) is 9.20. The number of carbonyl (C=O) groups excluding carboxylic acids is 1. The first kappa shape index (κ1) is 22.0. The zero-order valence-electron chi connectivity index (χ0n) is 16.6. The molecular formula is C20H22F2N2O5S. The molecule has 0 atom stereocenters. The maximum absolute atomic E-state index is 13.9. The molecule has 0 saturated carbocycles. The van der Waals surface area contributed by atoms with Crippen LogP contribution in [0.5, 0.6) is 11.5 Å². The Hall–Kier alpha value is -2.72. The molecule has 0 N–H and O–H groups in total. The number of sulfonamides is 1. The van der Waals surface area contributed by atoms with Crippen LogP contribution in [-0.2, 0) is 21.2 Å². The van der Waals surface area contributed by atoms with Crippen LogP contribution < -0.4 is 9.47 Å². The van der Waals surface area contributed by atoms with Crippen molar-refractivity contribution in [3.05, 3.63) is 53.6 Å². The van der Waals surface area contributed by atoms with Crippen LogP contribution >= 0.6 is 0 Å². The predicted octanol–water partition coefficient (Wildman–Crippen LogP) is 2.06. The lowest BCUT2D eigenvalue weighted by Crippen LogP contribution is -2.51. The fraction of sp³-hybridized carbons (Fsp3) is 0.350. The van der Waals surface area contributed by atoms with Crippen molar-refractivity contribution in [2.45, 2.75) is 11.3 Å². The molecule has 0 unspecified atom stereocenters. The molecule has 1 amide bonds. The zero-order valence-corrected chi connectivity index (χ0v) is 17.4. The number of benzene rings is 2. The number of carbonyl (C=O) groups is 1. The van der Waals surface area contributed by atoms with Gasteiger partial charge in [-0.15, -0.1) is 0 Å². The molecule has 0 radical (unpaired) electrons. The molecule has 7 nitrogen and oxygen atoms in total. The fourth-order valence-corrected chi connectivity index (χ4v) is 4.84. The normalized spacial score (nSPS) is 15.1. The number of rotatable bonds is 6. The molecule has 1 heterocycles. The van der Waals surface area contributed by atoms with Crippen LogP contribution in [0.25, 0.3) is 0 Å². The lowest BCUT2D eigenvalue weighted by atomic mass is 10.1. The van der Waals surface area contributed by atoms with Gasteiger partial charge >= 0.3 is 0 Å². The van der Waals surface area contributed by atoms with Crippen molar-refractivity contribution in [2.75, 3.05) is 40.4 Å². The van der Waals surface area contributed by atoms with E-state index in [-0.39, 0.29) is 38.5 Å². The van der Waals surface area contributed by atoms with E-state index in [9.17, 15) is 22.0 Å². The average Bonchev–Trinajstić information content (AvgIpc) is 2.73. The van der Waals surface area contributed by atoms with E-state index < -0.39 is 26.6 Å². The van der Waals surface area contributed by atoms with Gasteiger partial charge in [-0.25, -0.2) is 17.2 Å². The number of methoxy groups -OCH3 is 2. The van der Waals surface area contributed by atoms with Crippen LogP contribution in [0.2, 0.25) is 0 Å². The van der Waals surface area contributed by atoms with E-state index in [1.54, 1.807) is 18.2 Å². The van der Waals surface area contributed by atoms with E-state index in [2.05, 4.69) is 0 Å². The maximum atomic E-state index is 13.9. The van der Waals surface area contributed by atoms with Gasteiger partial charge in [-0.2, -0.15) is 4.31 Å². The van der Waals surface area contributed by atoms with Crippen LogP contribution in [0.15, 0.2) is 41.3 Å². The SMILES string of the molecule is COc1ccc(CC(=O)N2CCN(S(=O)(=O)c3c(F)cccc3F)CC2)c(OC)c1. The smallest absolute Gasteiger partial charge is 0.249 e. The Morgan fingerprint density at radius 2 is 1.63 bits per heavy atom. The van der Waals surface area contributed by atoms with Crippen molar-refractivity contribution in [1.82, 2.24) is 9.21 Å². The molecule has 3 rings (SSSR count). The number of hydrogen-bond acceptors (Lipinski definition) is 5. The van der Waals surface area contributed by atoms with Gasteiger partial charge in [0.2, 0.25) is 15.9 Å². The molecule has 0 bridgehead atoms. The van der Waals surface area contributed by atoms with Gasteiger partial charge in [0.1, 0.15) is 23.1 Å². The van der Waals surface area contributed by atoms with E-state index in [1.165, 1.54) is 19.1 Å². The number of halogens is 2. The van der Waals surface area contributed by atoms with Gasteiger partial charge in [0.25, 0.3) is 0 Å². The number of nitrogens with zero attached hydrogens (tertiary/aromatic N) is 2. The summed E-state index contributed by atoms with van der Waals surface area (Å²) in [4.78, 5) is 13.2. The van der Waals surface area contributed by atoms with Gasteiger partial charge in [-0.3, -0.25) is 4.79 Å². The summed E-state index contributed by atoms with van der Waals surface area (Å²) in [5, 5.41) is 0. The van der Waals surface area contributed by atoms with Crippen LogP contribution in [0, 0.1) is 11.6 Å². The Kier molecular flexibility index (Phi) is 6.57. The highest BCUT2D eigenvalue weighted by molar-refractivity contribution is 7.89. The standard InChI is InChI=1S/C20H22F2N2O5S/c1-28-15-7-6-14(18(13-15)29-2)12-19(25)23-8-10-24(11-9-23)30(26,27)20-16(21)4-3-5-17(20)22/h3-7,13H,8-12H2,1-2H3. The van der Waals surface area contributed by atoms with Gasteiger partial charge in [0.15, 0.2) is 4.90 Å². The third-order valence-corrected chi connectivity index (χ3v) is 6.89. The molecule has 30 heavy (non-hydrogen) atoms. The third-order valence-electron chi connectivity index (χ3n) is 4.94. The number of amides is 1. The number of piperazine rings is 1. The summed E-state index contributed by atoms with van der Waals surface area (Å²) in [6, 6.07) is 8.04. The van der Waals surface area contributed by atoms with E-state index in [0.29, 0.717) is 17.1 Å². The lowest BCUT2D eigenvalue weighted by molar-refractivity contribution is -0.131. The van der Waals surface area contributed by atoms with Gasteiger partial charge in [-0.05, 0) is 18.2 Å². The second kappa shape index (κ2) is 8.97. The lowest BCUT2D eigenvalue weighted by Gasteiger charge is -2.34. The maximum Gasteiger partial charge on any atom is 0.249 e. The first-order valence-corrected chi connectivity index (χ1v) is 10.6. The van der Waals surface area contributed by atoms with Crippen LogP contribution in [0.3, 0.4) is 0 Å². The average molecular weight is 440 g/mol. The number of hydrogen-bond donors (Lipinski definition) is 0. The van der Waals surface area contributed by atoms with Crippen LogP contribution in [0.4, 0.5) is 8.78 Å². The van der Waals surface area contributed by atoms with Crippen LogP contribution in [0.1, 0.15) is 5.56 Å². The molecule has 10 heteroatoms. The van der Waals surface area contributed by atoms with Crippen molar-refractivity contribution in [2.24, 2.45) is 0 Å². The van der Waals surface area contributed by atoms with Gasteiger partial charge in [-0.1, -0.05) is 12.1 Å². The summed E-state index contributed by atoms with van der Waals surface area (Å²) in [6.07, 6.45) is 0.0713. The molecular weight excluding hydrogens is 418 g/mol. The summed E-state index contributed by atoms with van der Waals surface area (Å²) in [5.41, 5.74) is 0.673. The highest BCUT2D eigenvalue weighted by atomic mass is 32.2. The molecule has 1 saturated heterocycles.